The van der Waals surface area contributed by atoms with Crippen molar-refractivity contribution in [2.24, 2.45) is 0 Å². The topological polar surface area (TPSA) is 71.8 Å². The molecule has 0 unspecified atom stereocenters. The Hall–Kier alpha value is -3.90. The SMILES string of the molecule is O=C(COc1coc(CN2CCc3ccccc3C2)cc1=O)Nc1cccc2ccccc12. The monoisotopic (exact) mass is 440 g/mol. The van der Waals surface area contributed by atoms with E-state index in [9.17, 15) is 9.59 Å². The number of nitrogens with zero attached hydrogens (tertiary/aromatic N) is 1. The van der Waals surface area contributed by atoms with Crippen molar-refractivity contribution >= 4 is 22.4 Å². The van der Waals surface area contributed by atoms with Crippen molar-refractivity contribution in [3.8, 4) is 5.75 Å². The summed E-state index contributed by atoms with van der Waals surface area (Å²) in [6.07, 6.45) is 2.27. The number of carbonyl (C=O) groups is 1. The molecular weight excluding hydrogens is 416 g/mol. The zero-order valence-corrected chi connectivity index (χ0v) is 18.1. The standard InChI is InChI=1S/C27H24N2O4/c30-25-14-22(16-29-13-12-19-6-1-2-8-21(19)15-29)32-17-26(25)33-18-27(31)28-24-11-5-9-20-7-3-4-10-23(20)24/h1-11,14,17H,12-13,15-16,18H2,(H,28,31). The van der Waals surface area contributed by atoms with Gasteiger partial charge in [-0.05, 0) is 29.0 Å². The second-order valence-electron chi connectivity index (χ2n) is 8.17. The third-order valence-corrected chi connectivity index (χ3v) is 5.86. The van der Waals surface area contributed by atoms with Crippen molar-refractivity contribution in [3.63, 3.8) is 0 Å². The van der Waals surface area contributed by atoms with Crippen LogP contribution in [0, 0.1) is 0 Å². The number of nitrogens with one attached hydrogen (secondary N) is 1. The molecular formula is C27H24N2O4. The van der Waals surface area contributed by atoms with E-state index in [1.807, 2.05) is 48.5 Å². The Morgan fingerprint density at radius 2 is 1.79 bits per heavy atom. The maximum atomic E-state index is 12.5. The van der Waals surface area contributed by atoms with Gasteiger partial charge in [-0.2, -0.15) is 0 Å². The highest BCUT2D eigenvalue weighted by Crippen LogP contribution is 2.23. The molecule has 2 heterocycles. The number of rotatable bonds is 6. The van der Waals surface area contributed by atoms with Crippen molar-refractivity contribution in [2.75, 3.05) is 18.5 Å². The molecule has 1 amide bonds. The lowest BCUT2D eigenvalue weighted by atomic mass is 10.00. The van der Waals surface area contributed by atoms with E-state index < -0.39 is 0 Å². The third kappa shape index (κ3) is 4.81. The Balaban J connectivity index is 1.19. The molecule has 3 aromatic carbocycles. The van der Waals surface area contributed by atoms with Crippen LogP contribution in [0.3, 0.4) is 0 Å². The van der Waals surface area contributed by atoms with Gasteiger partial charge >= 0.3 is 0 Å². The fraction of sp³-hybridized carbons (Fsp3) is 0.185. The van der Waals surface area contributed by atoms with Crippen LogP contribution in [0.15, 0.2) is 88.3 Å². The summed E-state index contributed by atoms with van der Waals surface area (Å²) in [5, 5.41) is 4.82. The van der Waals surface area contributed by atoms with Crippen LogP contribution in [0.1, 0.15) is 16.9 Å². The highest BCUT2D eigenvalue weighted by Gasteiger charge is 2.17. The van der Waals surface area contributed by atoms with Gasteiger partial charge in [0.1, 0.15) is 12.0 Å². The second-order valence-corrected chi connectivity index (χ2v) is 8.17. The van der Waals surface area contributed by atoms with Crippen LogP contribution in [0.2, 0.25) is 0 Å². The van der Waals surface area contributed by atoms with Gasteiger partial charge in [0.25, 0.3) is 5.91 Å². The molecule has 0 atom stereocenters. The van der Waals surface area contributed by atoms with Crippen LogP contribution in [0.4, 0.5) is 5.69 Å². The molecule has 5 rings (SSSR count). The normalized spacial score (nSPS) is 13.5. The van der Waals surface area contributed by atoms with Gasteiger partial charge in [-0.25, -0.2) is 0 Å². The van der Waals surface area contributed by atoms with E-state index in [1.54, 1.807) is 0 Å². The Morgan fingerprint density at radius 1 is 1.00 bits per heavy atom. The molecule has 1 aliphatic heterocycles. The minimum Gasteiger partial charge on any atom is -0.477 e. The summed E-state index contributed by atoms with van der Waals surface area (Å²) in [5.41, 5.74) is 3.09. The Labute approximate surface area is 191 Å². The highest BCUT2D eigenvalue weighted by atomic mass is 16.5. The summed E-state index contributed by atoms with van der Waals surface area (Å²) in [7, 11) is 0. The number of benzene rings is 3. The van der Waals surface area contributed by atoms with Crippen LogP contribution >= 0.6 is 0 Å². The summed E-state index contributed by atoms with van der Waals surface area (Å²) >= 11 is 0. The molecule has 0 bridgehead atoms. The first-order valence-corrected chi connectivity index (χ1v) is 11.0. The molecule has 0 spiro atoms. The van der Waals surface area contributed by atoms with Crippen LogP contribution in [-0.2, 0) is 24.3 Å². The molecule has 166 valence electrons. The Kier molecular flexibility index (Phi) is 5.91. The van der Waals surface area contributed by atoms with Gasteiger partial charge in [0.2, 0.25) is 11.2 Å². The van der Waals surface area contributed by atoms with Gasteiger partial charge in [-0.1, -0.05) is 60.7 Å². The van der Waals surface area contributed by atoms with E-state index in [1.165, 1.54) is 23.5 Å². The summed E-state index contributed by atoms with van der Waals surface area (Å²) in [6, 6.07) is 23.3. The summed E-state index contributed by atoms with van der Waals surface area (Å²) in [5.74, 6) is 0.254. The fourth-order valence-corrected chi connectivity index (χ4v) is 4.20. The van der Waals surface area contributed by atoms with Gasteiger partial charge in [0.15, 0.2) is 6.61 Å². The van der Waals surface area contributed by atoms with E-state index in [0.717, 1.165) is 30.3 Å². The van der Waals surface area contributed by atoms with Crippen molar-refractivity contribution < 1.29 is 13.9 Å². The molecule has 0 fully saturated rings. The molecule has 1 N–H and O–H groups in total. The predicted octanol–water partition coefficient (Wildman–Crippen LogP) is 4.37. The molecule has 0 aliphatic carbocycles. The van der Waals surface area contributed by atoms with Gasteiger partial charge in [-0.15, -0.1) is 0 Å². The van der Waals surface area contributed by atoms with E-state index >= 15 is 0 Å². The average Bonchev–Trinajstić information content (AvgIpc) is 2.84. The van der Waals surface area contributed by atoms with Crippen molar-refractivity contribution in [1.29, 1.82) is 0 Å². The molecule has 4 aromatic rings. The lowest BCUT2D eigenvalue weighted by Gasteiger charge is -2.28. The minimum absolute atomic E-state index is 0.0239. The first kappa shape index (κ1) is 21.0. The number of hydrogen-bond acceptors (Lipinski definition) is 5. The maximum Gasteiger partial charge on any atom is 0.262 e. The van der Waals surface area contributed by atoms with Crippen molar-refractivity contribution in [1.82, 2.24) is 4.90 Å². The third-order valence-electron chi connectivity index (χ3n) is 5.86. The zero-order valence-electron chi connectivity index (χ0n) is 18.1. The number of anilines is 1. The number of ether oxygens (including phenoxy) is 1. The van der Waals surface area contributed by atoms with Crippen molar-refractivity contribution in [3.05, 3.63) is 106 Å². The molecule has 0 radical (unpaired) electrons. The molecule has 6 heteroatoms. The van der Waals surface area contributed by atoms with E-state index in [-0.39, 0.29) is 23.7 Å². The first-order chi connectivity index (χ1) is 16.2. The smallest absolute Gasteiger partial charge is 0.262 e. The van der Waals surface area contributed by atoms with Crippen LogP contribution in [0.25, 0.3) is 10.8 Å². The zero-order chi connectivity index (χ0) is 22.6. The fourth-order valence-electron chi connectivity index (χ4n) is 4.20. The summed E-state index contributed by atoms with van der Waals surface area (Å²) < 4.78 is 11.1. The van der Waals surface area contributed by atoms with Crippen LogP contribution in [-0.4, -0.2) is 24.0 Å². The van der Waals surface area contributed by atoms with Gasteiger partial charge in [0, 0.05) is 30.2 Å². The predicted molar refractivity (Wildman–Crippen MR) is 127 cm³/mol. The molecule has 6 nitrogen and oxygen atoms in total. The van der Waals surface area contributed by atoms with Gasteiger partial charge < -0.3 is 14.5 Å². The Morgan fingerprint density at radius 3 is 2.67 bits per heavy atom. The van der Waals surface area contributed by atoms with Gasteiger partial charge in [-0.3, -0.25) is 14.5 Å². The van der Waals surface area contributed by atoms with Crippen LogP contribution in [0.5, 0.6) is 5.75 Å². The minimum atomic E-state index is -0.346. The Bertz CT molecular complexity index is 1360. The maximum absolute atomic E-state index is 12.5. The first-order valence-electron chi connectivity index (χ1n) is 11.0. The number of hydrogen-bond donors (Lipinski definition) is 1. The summed E-state index contributed by atoms with van der Waals surface area (Å²) in [4.78, 5) is 27.1. The van der Waals surface area contributed by atoms with E-state index in [2.05, 4.69) is 28.4 Å². The lowest BCUT2D eigenvalue weighted by Crippen LogP contribution is -2.30. The highest BCUT2D eigenvalue weighted by molar-refractivity contribution is 6.02. The number of carbonyl (C=O) groups excluding carboxylic acids is 1. The largest absolute Gasteiger partial charge is 0.477 e. The molecule has 0 saturated carbocycles. The van der Waals surface area contributed by atoms with Crippen LogP contribution < -0.4 is 15.5 Å². The average molecular weight is 440 g/mol. The summed E-state index contributed by atoms with van der Waals surface area (Å²) in [6.45, 7) is 2.00. The second kappa shape index (κ2) is 9.30. The van der Waals surface area contributed by atoms with E-state index in [4.69, 9.17) is 9.15 Å². The molecule has 1 aliphatic rings. The number of fused-ring (bicyclic) bond motifs is 2. The molecule has 1 aromatic heterocycles. The van der Waals surface area contributed by atoms with E-state index in [0.29, 0.717) is 18.0 Å². The quantitative estimate of drug-likeness (QED) is 0.482. The van der Waals surface area contributed by atoms with Gasteiger partial charge in [0.05, 0.1) is 6.54 Å². The van der Waals surface area contributed by atoms with Crippen molar-refractivity contribution in [2.45, 2.75) is 19.5 Å². The lowest BCUT2D eigenvalue weighted by molar-refractivity contribution is -0.118. The molecule has 33 heavy (non-hydrogen) atoms. The number of amides is 1. The molecule has 0 saturated heterocycles.